The Bertz CT molecular complexity index is 1390. The molecule has 3 N–H and O–H groups in total. The molecule has 0 saturated carbocycles. The topological polar surface area (TPSA) is 141 Å². The standard InChI is InChI=1S/C32H43N3O8/c1-8-18(2)29(32(39)43-7)35-27(38)10-9-15-33-24-14-12-21-22(17-25(24)37)23(34-19(3)36)13-11-20-16-26(40-4)30(41-5)31(42-6)28(20)21/h12,14,16-18,23,29H,8-11,13,15H2,1-7H3,(H,33,37)(H,34,36)(H,35,38)/t18-,23+,29+/m0/s1. The van der Waals surface area contributed by atoms with E-state index in [9.17, 15) is 19.2 Å². The Kier molecular flexibility index (Phi) is 11.8. The predicted molar refractivity (Wildman–Crippen MR) is 164 cm³/mol. The van der Waals surface area contributed by atoms with Crippen LogP contribution in [0.3, 0.4) is 0 Å². The first kappa shape index (κ1) is 33.2. The maximum Gasteiger partial charge on any atom is 0.328 e. The fourth-order valence-electron chi connectivity index (χ4n) is 5.37. The molecule has 1 aliphatic carbocycles. The molecule has 11 nitrogen and oxygen atoms in total. The van der Waals surface area contributed by atoms with E-state index in [1.807, 2.05) is 26.0 Å². The summed E-state index contributed by atoms with van der Waals surface area (Å²) in [5.41, 5.74) is 3.19. The fraction of sp³-hybridized carbons (Fsp3) is 0.500. The van der Waals surface area contributed by atoms with E-state index in [2.05, 4.69) is 16.0 Å². The van der Waals surface area contributed by atoms with Gasteiger partial charge in [0.15, 0.2) is 11.5 Å². The average Bonchev–Trinajstić information content (AvgIpc) is 3.24. The molecule has 3 rings (SSSR count). The van der Waals surface area contributed by atoms with E-state index < -0.39 is 18.1 Å². The zero-order valence-electron chi connectivity index (χ0n) is 26.1. The Balaban J connectivity index is 1.91. The molecule has 2 aromatic rings. The number of benzene rings is 1. The molecule has 11 heteroatoms. The van der Waals surface area contributed by atoms with Crippen LogP contribution in [0.4, 0.5) is 5.69 Å². The second-order valence-electron chi connectivity index (χ2n) is 10.6. The van der Waals surface area contributed by atoms with Crippen molar-refractivity contribution in [3.8, 4) is 28.4 Å². The molecule has 2 amide bonds. The number of rotatable bonds is 13. The molecule has 0 fully saturated rings. The van der Waals surface area contributed by atoms with Gasteiger partial charge in [0.1, 0.15) is 6.04 Å². The maximum atomic E-state index is 13.4. The van der Waals surface area contributed by atoms with Crippen molar-refractivity contribution >= 4 is 23.5 Å². The average molecular weight is 598 g/mol. The number of esters is 1. The van der Waals surface area contributed by atoms with E-state index in [4.69, 9.17) is 18.9 Å². The molecule has 0 saturated heterocycles. The third-order valence-corrected chi connectivity index (χ3v) is 7.80. The van der Waals surface area contributed by atoms with E-state index >= 15 is 0 Å². The van der Waals surface area contributed by atoms with Crippen LogP contribution in [-0.2, 0) is 25.5 Å². The Morgan fingerprint density at radius 3 is 2.35 bits per heavy atom. The molecule has 0 aliphatic heterocycles. The van der Waals surface area contributed by atoms with Gasteiger partial charge in [0, 0.05) is 25.5 Å². The molecular weight excluding hydrogens is 554 g/mol. The zero-order chi connectivity index (χ0) is 31.7. The largest absolute Gasteiger partial charge is 0.493 e. The maximum absolute atomic E-state index is 13.4. The third-order valence-electron chi connectivity index (χ3n) is 7.80. The number of ether oxygens (including phenoxy) is 4. The normalized spacial score (nSPS) is 15.0. The molecule has 234 valence electrons. The van der Waals surface area contributed by atoms with Crippen LogP contribution in [0.5, 0.6) is 17.2 Å². The second kappa shape index (κ2) is 15.3. The summed E-state index contributed by atoms with van der Waals surface area (Å²) in [5, 5.41) is 8.91. The van der Waals surface area contributed by atoms with Gasteiger partial charge in [-0.15, -0.1) is 0 Å². The van der Waals surface area contributed by atoms with E-state index in [-0.39, 0.29) is 29.6 Å². The van der Waals surface area contributed by atoms with Crippen molar-refractivity contribution in [1.29, 1.82) is 0 Å². The van der Waals surface area contributed by atoms with Crippen LogP contribution in [0.2, 0.25) is 0 Å². The van der Waals surface area contributed by atoms with Crippen LogP contribution in [0, 0.1) is 5.92 Å². The first-order valence-corrected chi connectivity index (χ1v) is 14.5. The van der Waals surface area contributed by atoms with Crippen LogP contribution in [0.25, 0.3) is 11.1 Å². The minimum absolute atomic E-state index is 0.0665. The van der Waals surface area contributed by atoms with Crippen molar-refractivity contribution in [3.05, 3.63) is 45.6 Å². The summed E-state index contributed by atoms with van der Waals surface area (Å²) in [6, 6.07) is 5.87. The number of hydrogen-bond donors (Lipinski definition) is 3. The van der Waals surface area contributed by atoms with Crippen LogP contribution < -0.4 is 35.6 Å². The highest BCUT2D eigenvalue weighted by atomic mass is 16.5. The molecule has 0 heterocycles. The van der Waals surface area contributed by atoms with Gasteiger partial charge < -0.3 is 34.9 Å². The molecule has 1 aliphatic rings. The molecule has 43 heavy (non-hydrogen) atoms. The molecule has 0 bridgehead atoms. The number of amides is 2. The van der Waals surface area contributed by atoms with E-state index in [0.29, 0.717) is 60.7 Å². The van der Waals surface area contributed by atoms with Crippen LogP contribution in [0.1, 0.15) is 63.6 Å². The minimum Gasteiger partial charge on any atom is -0.493 e. The van der Waals surface area contributed by atoms with Crippen LogP contribution in [0.15, 0.2) is 29.1 Å². The first-order valence-electron chi connectivity index (χ1n) is 14.5. The molecule has 2 aromatic carbocycles. The summed E-state index contributed by atoms with van der Waals surface area (Å²) in [6.07, 6.45) is 2.47. The number of aryl methyl sites for hydroxylation is 1. The Labute approximate surface area is 252 Å². The zero-order valence-corrected chi connectivity index (χ0v) is 26.1. The number of anilines is 1. The third kappa shape index (κ3) is 7.77. The summed E-state index contributed by atoms with van der Waals surface area (Å²) in [7, 11) is 5.94. The van der Waals surface area contributed by atoms with Crippen molar-refractivity contribution in [2.45, 2.75) is 65.0 Å². The van der Waals surface area contributed by atoms with Gasteiger partial charge in [0.2, 0.25) is 23.0 Å². The molecule has 0 unspecified atom stereocenters. The molecular formula is C32H43N3O8. The van der Waals surface area contributed by atoms with Crippen molar-refractivity contribution in [1.82, 2.24) is 10.6 Å². The van der Waals surface area contributed by atoms with Gasteiger partial charge in [-0.05, 0) is 60.1 Å². The Morgan fingerprint density at radius 1 is 1.02 bits per heavy atom. The van der Waals surface area contributed by atoms with Crippen molar-refractivity contribution in [2.75, 3.05) is 40.3 Å². The SMILES string of the molecule is CC[C@H](C)[C@@H](NC(=O)CCCNc1ccc2c(cc1=O)[C@H](NC(C)=O)CCc1cc(OC)c(OC)c(OC)c1-2)C(=O)OC. The van der Waals surface area contributed by atoms with E-state index in [1.165, 1.54) is 21.1 Å². The van der Waals surface area contributed by atoms with Crippen LogP contribution >= 0.6 is 0 Å². The van der Waals surface area contributed by atoms with Crippen molar-refractivity contribution < 1.29 is 33.3 Å². The second-order valence-corrected chi connectivity index (χ2v) is 10.6. The van der Waals surface area contributed by atoms with Gasteiger partial charge in [-0.3, -0.25) is 14.4 Å². The van der Waals surface area contributed by atoms with Gasteiger partial charge in [-0.25, -0.2) is 4.79 Å². The lowest BCUT2D eigenvalue weighted by Crippen LogP contribution is -2.45. The minimum atomic E-state index is -0.706. The highest BCUT2D eigenvalue weighted by molar-refractivity contribution is 5.85. The van der Waals surface area contributed by atoms with E-state index in [0.717, 1.165) is 16.7 Å². The number of carbonyl (C=O) groups excluding carboxylic acids is 3. The Hall–Kier alpha value is -4.28. The lowest BCUT2D eigenvalue weighted by Gasteiger charge is -2.21. The van der Waals surface area contributed by atoms with Crippen molar-refractivity contribution in [3.63, 3.8) is 0 Å². The molecule has 3 atom stereocenters. The van der Waals surface area contributed by atoms with Gasteiger partial charge >= 0.3 is 5.97 Å². The van der Waals surface area contributed by atoms with Crippen molar-refractivity contribution in [2.24, 2.45) is 5.92 Å². The van der Waals surface area contributed by atoms with E-state index in [1.54, 1.807) is 26.4 Å². The first-order chi connectivity index (χ1) is 20.6. The predicted octanol–water partition coefficient (Wildman–Crippen LogP) is 3.76. The lowest BCUT2D eigenvalue weighted by molar-refractivity contribution is -0.146. The number of methoxy groups -OCH3 is 4. The summed E-state index contributed by atoms with van der Waals surface area (Å²) >= 11 is 0. The monoisotopic (exact) mass is 597 g/mol. The highest BCUT2D eigenvalue weighted by Crippen LogP contribution is 2.50. The fourth-order valence-corrected chi connectivity index (χ4v) is 5.37. The number of nitrogens with one attached hydrogen (secondary N) is 3. The Morgan fingerprint density at radius 2 is 1.74 bits per heavy atom. The summed E-state index contributed by atoms with van der Waals surface area (Å²) in [6.45, 7) is 5.62. The summed E-state index contributed by atoms with van der Waals surface area (Å²) in [5.74, 6) is 0.419. The quantitative estimate of drug-likeness (QED) is 0.232. The molecule has 0 spiro atoms. The highest BCUT2D eigenvalue weighted by Gasteiger charge is 2.30. The van der Waals surface area contributed by atoms with Gasteiger partial charge in [0.25, 0.3) is 0 Å². The smallest absolute Gasteiger partial charge is 0.328 e. The van der Waals surface area contributed by atoms with Crippen LogP contribution in [-0.4, -0.2) is 58.8 Å². The number of hydrogen-bond acceptors (Lipinski definition) is 9. The summed E-state index contributed by atoms with van der Waals surface area (Å²) in [4.78, 5) is 50.2. The molecule has 0 radical (unpaired) electrons. The number of carbonyl (C=O) groups is 3. The molecule has 0 aromatic heterocycles. The van der Waals surface area contributed by atoms with Gasteiger partial charge in [-0.2, -0.15) is 0 Å². The lowest BCUT2D eigenvalue weighted by atomic mass is 9.95. The number of fused-ring (bicyclic) bond motifs is 3. The summed E-state index contributed by atoms with van der Waals surface area (Å²) < 4.78 is 21.9. The van der Waals surface area contributed by atoms with Gasteiger partial charge in [-0.1, -0.05) is 26.3 Å². The van der Waals surface area contributed by atoms with Gasteiger partial charge in [0.05, 0.1) is 40.2 Å².